The van der Waals surface area contributed by atoms with E-state index in [1.165, 1.54) is 12.5 Å². The van der Waals surface area contributed by atoms with Crippen LogP contribution in [0.1, 0.15) is 25.7 Å². The maximum absolute atomic E-state index is 11.8. The van der Waals surface area contributed by atoms with Gasteiger partial charge in [0.1, 0.15) is 6.04 Å². The largest absolute Gasteiger partial charge is 0.480 e. The van der Waals surface area contributed by atoms with E-state index in [0.29, 0.717) is 11.8 Å². The zero-order chi connectivity index (χ0) is 11.7. The lowest BCUT2D eigenvalue weighted by atomic mass is 10.1. The standard InChI is InChI=1S/C12H17NO3/c1-2-4-9(12(15)16)13-11(14)10-7-5-3-6-8(7)10/h2,7-10H,1,3-6H2,(H,13,14)(H,15,16). The third kappa shape index (κ3) is 1.96. The van der Waals surface area contributed by atoms with Gasteiger partial charge in [-0.15, -0.1) is 6.58 Å². The van der Waals surface area contributed by atoms with E-state index in [4.69, 9.17) is 5.11 Å². The molecular formula is C12H17NO3. The van der Waals surface area contributed by atoms with Gasteiger partial charge in [0.2, 0.25) is 5.91 Å². The number of carbonyl (C=O) groups excluding carboxylic acids is 1. The molecule has 2 fully saturated rings. The van der Waals surface area contributed by atoms with Crippen molar-refractivity contribution >= 4 is 11.9 Å². The third-order valence-electron chi connectivity index (χ3n) is 3.73. The summed E-state index contributed by atoms with van der Waals surface area (Å²) in [5.74, 6) is 0.0692. The molecule has 4 heteroatoms. The molecule has 2 rings (SSSR count). The molecule has 2 N–H and O–H groups in total. The minimum Gasteiger partial charge on any atom is -0.480 e. The summed E-state index contributed by atoms with van der Waals surface area (Å²) >= 11 is 0. The molecule has 0 aromatic carbocycles. The third-order valence-corrected chi connectivity index (χ3v) is 3.73. The number of hydrogen-bond acceptors (Lipinski definition) is 2. The summed E-state index contributed by atoms with van der Waals surface area (Å²) in [5.41, 5.74) is 0. The Bertz CT molecular complexity index is 316. The zero-order valence-corrected chi connectivity index (χ0v) is 9.19. The fraction of sp³-hybridized carbons (Fsp3) is 0.667. The van der Waals surface area contributed by atoms with Crippen molar-refractivity contribution < 1.29 is 14.7 Å². The highest BCUT2D eigenvalue weighted by molar-refractivity contribution is 5.87. The summed E-state index contributed by atoms with van der Waals surface area (Å²) in [4.78, 5) is 22.7. The van der Waals surface area contributed by atoms with Crippen molar-refractivity contribution in [2.75, 3.05) is 0 Å². The molecule has 0 aromatic rings. The first-order chi connectivity index (χ1) is 7.65. The average Bonchev–Trinajstić information content (AvgIpc) is 2.72. The summed E-state index contributed by atoms with van der Waals surface area (Å²) in [6, 6.07) is -0.814. The van der Waals surface area contributed by atoms with Gasteiger partial charge in [-0.05, 0) is 31.1 Å². The lowest BCUT2D eigenvalue weighted by molar-refractivity contribution is -0.142. The quantitative estimate of drug-likeness (QED) is 0.688. The molecule has 2 aliphatic rings. The molecule has 2 aliphatic carbocycles. The molecule has 88 valence electrons. The van der Waals surface area contributed by atoms with Crippen molar-refractivity contribution in [1.82, 2.24) is 5.32 Å². The number of hydrogen-bond donors (Lipinski definition) is 2. The second-order valence-corrected chi connectivity index (χ2v) is 4.71. The molecule has 0 bridgehead atoms. The molecule has 4 nitrogen and oxygen atoms in total. The molecule has 1 amide bonds. The topological polar surface area (TPSA) is 66.4 Å². The minimum absolute atomic E-state index is 0.0797. The highest BCUT2D eigenvalue weighted by atomic mass is 16.4. The fourth-order valence-electron chi connectivity index (χ4n) is 2.87. The number of amides is 1. The monoisotopic (exact) mass is 223 g/mol. The van der Waals surface area contributed by atoms with Gasteiger partial charge >= 0.3 is 5.97 Å². The van der Waals surface area contributed by atoms with E-state index >= 15 is 0 Å². The molecule has 16 heavy (non-hydrogen) atoms. The Hall–Kier alpha value is -1.32. The first-order valence-corrected chi connectivity index (χ1v) is 5.79. The van der Waals surface area contributed by atoms with E-state index in [1.807, 2.05) is 0 Å². The maximum Gasteiger partial charge on any atom is 0.326 e. The number of fused-ring (bicyclic) bond motifs is 1. The van der Waals surface area contributed by atoms with Gasteiger partial charge in [0, 0.05) is 5.92 Å². The van der Waals surface area contributed by atoms with E-state index in [2.05, 4.69) is 11.9 Å². The van der Waals surface area contributed by atoms with E-state index in [0.717, 1.165) is 12.8 Å². The first-order valence-electron chi connectivity index (χ1n) is 5.79. The van der Waals surface area contributed by atoms with Crippen LogP contribution in [-0.4, -0.2) is 23.0 Å². The fourth-order valence-corrected chi connectivity index (χ4v) is 2.87. The SMILES string of the molecule is C=CCC(NC(=O)C1C2CCCC21)C(=O)O. The summed E-state index contributed by atoms with van der Waals surface area (Å²) in [7, 11) is 0. The number of carboxylic acids is 1. The summed E-state index contributed by atoms with van der Waals surface area (Å²) in [5, 5.41) is 11.5. The lowest BCUT2D eigenvalue weighted by Crippen LogP contribution is -2.41. The van der Waals surface area contributed by atoms with Crippen LogP contribution in [0.3, 0.4) is 0 Å². The summed E-state index contributed by atoms with van der Waals surface area (Å²) in [6.07, 6.45) is 5.27. The van der Waals surface area contributed by atoms with Crippen LogP contribution in [-0.2, 0) is 9.59 Å². The zero-order valence-electron chi connectivity index (χ0n) is 9.19. The Morgan fingerprint density at radius 3 is 2.56 bits per heavy atom. The van der Waals surface area contributed by atoms with Gasteiger partial charge in [0.15, 0.2) is 0 Å². The van der Waals surface area contributed by atoms with Crippen LogP contribution in [0.4, 0.5) is 0 Å². The molecule has 3 atom stereocenters. The van der Waals surface area contributed by atoms with Crippen LogP contribution in [0.15, 0.2) is 12.7 Å². The predicted molar refractivity (Wildman–Crippen MR) is 58.7 cm³/mol. The smallest absolute Gasteiger partial charge is 0.326 e. The second kappa shape index (κ2) is 4.28. The Balaban J connectivity index is 1.86. The molecule has 3 unspecified atom stereocenters. The van der Waals surface area contributed by atoms with Crippen molar-refractivity contribution in [1.29, 1.82) is 0 Å². The van der Waals surface area contributed by atoms with Gasteiger partial charge < -0.3 is 10.4 Å². The number of carbonyl (C=O) groups is 2. The van der Waals surface area contributed by atoms with Crippen molar-refractivity contribution in [3.8, 4) is 0 Å². The molecule has 0 radical (unpaired) electrons. The summed E-state index contributed by atoms with van der Waals surface area (Å²) in [6.45, 7) is 3.49. The van der Waals surface area contributed by atoms with E-state index in [1.54, 1.807) is 0 Å². The van der Waals surface area contributed by atoms with Crippen molar-refractivity contribution in [3.05, 3.63) is 12.7 Å². The van der Waals surface area contributed by atoms with Crippen LogP contribution in [0.5, 0.6) is 0 Å². The van der Waals surface area contributed by atoms with Gasteiger partial charge in [0.25, 0.3) is 0 Å². The normalized spacial score (nSPS) is 32.6. The number of nitrogens with one attached hydrogen (secondary N) is 1. The number of aliphatic carboxylic acids is 1. The van der Waals surface area contributed by atoms with E-state index < -0.39 is 12.0 Å². The first kappa shape index (κ1) is 11.2. The van der Waals surface area contributed by atoms with E-state index in [9.17, 15) is 9.59 Å². The highest BCUT2D eigenvalue weighted by Gasteiger charge is 2.56. The predicted octanol–water partition coefficient (Wildman–Crippen LogP) is 1.18. The molecule has 0 aliphatic heterocycles. The Morgan fingerprint density at radius 1 is 1.44 bits per heavy atom. The van der Waals surface area contributed by atoms with Gasteiger partial charge in [-0.1, -0.05) is 12.5 Å². The van der Waals surface area contributed by atoms with Crippen LogP contribution in [0.2, 0.25) is 0 Å². The van der Waals surface area contributed by atoms with Crippen LogP contribution < -0.4 is 5.32 Å². The van der Waals surface area contributed by atoms with E-state index in [-0.39, 0.29) is 18.2 Å². The highest BCUT2D eigenvalue weighted by Crippen LogP contribution is 2.57. The Labute approximate surface area is 94.7 Å². The second-order valence-electron chi connectivity index (χ2n) is 4.71. The minimum atomic E-state index is -0.987. The van der Waals surface area contributed by atoms with Crippen molar-refractivity contribution in [2.24, 2.45) is 17.8 Å². The number of carboxylic acid groups (broad SMARTS) is 1. The molecule has 2 saturated carbocycles. The van der Waals surface area contributed by atoms with Crippen molar-refractivity contribution in [3.63, 3.8) is 0 Å². The van der Waals surface area contributed by atoms with Crippen LogP contribution >= 0.6 is 0 Å². The van der Waals surface area contributed by atoms with Crippen LogP contribution in [0, 0.1) is 17.8 Å². The van der Waals surface area contributed by atoms with Gasteiger partial charge in [-0.3, -0.25) is 4.79 Å². The number of rotatable bonds is 5. The summed E-state index contributed by atoms with van der Waals surface area (Å²) < 4.78 is 0. The van der Waals surface area contributed by atoms with Gasteiger partial charge in [-0.2, -0.15) is 0 Å². The molecule has 0 saturated heterocycles. The maximum atomic E-state index is 11.8. The molecule has 0 aromatic heterocycles. The van der Waals surface area contributed by atoms with Crippen LogP contribution in [0.25, 0.3) is 0 Å². The average molecular weight is 223 g/mol. The van der Waals surface area contributed by atoms with Gasteiger partial charge in [0.05, 0.1) is 0 Å². The van der Waals surface area contributed by atoms with Crippen molar-refractivity contribution in [2.45, 2.75) is 31.7 Å². The lowest BCUT2D eigenvalue weighted by Gasteiger charge is -2.13. The van der Waals surface area contributed by atoms with Gasteiger partial charge in [-0.25, -0.2) is 4.79 Å². The Morgan fingerprint density at radius 2 is 2.06 bits per heavy atom. The molecule has 0 spiro atoms. The molecule has 0 heterocycles. The Kier molecular flexibility index (Phi) is 2.99. The molecular weight excluding hydrogens is 206 g/mol.